The Balaban J connectivity index is 1.47. The summed E-state index contributed by atoms with van der Waals surface area (Å²) in [6.07, 6.45) is -5.54. The van der Waals surface area contributed by atoms with Crippen molar-refractivity contribution in [1.29, 1.82) is 0 Å². The quantitative estimate of drug-likeness (QED) is 0.215. The molecular weight excluding hydrogens is 570 g/mol. The Kier molecular flexibility index (Phi) is 6.66. The van der Waals surface area contributed by atoms with Crippen LogP contribution in [0.5, 0.6) is 0 Å². The molecule has 0 saturated heterocycles. The van der Waals surface area contributed by atoms with Crippen molar-refractivity contribution in [1.82, 2.24) is 34.7 Å². The van der Waals surface area contributed by atoms with E-state index < -0.39 is 29.7 Å². The summed E-state index contributed by atoms with van der Waals surface area (Å²) in [7, 11) is 1.62. The van der Waals surface area contributed by atoms with Crippen LogP contribution in [0.25, 0.3) is 27.3 Å². The Bertz CT molecular complexity index is 1650. The number of anilines is 1. The van der Waals surface area contributed by atoms with E-state index in [2.05, 4.69) is 30.0 Å². The van der Waals surface area contributed by atoms with Gasteiger partial charge in [-0.3, -0.25) is 0 Å². The number of benzene rings is 1. The molecule has 0 aliphatic carbocycles. The van der Waals surface area contributed by atoms with Crippen molar-refractivity contribution in [2.45, 2.75) is 25.3 Å². The third-order valence-corrected chi connectivity index (χ3v) is 6.97. The van der Waals surface area contributed by atoms with Crippen molar-refractivity contribution in [2.24, 2.45) is 0 Å². The summed E-state index contributed by atoms with van der Waals surface area (Å²) in [5.74, 6) is 0.868. The number of hydrogen-bond acceptors (Lipinski definition) is 8. The highest BCUT2D eigenvalue weighted by Crippen LogP contribution is 2.39. The van der Waals surface area contributed by atoms with Crippen LogP contribution in [0.15, 0.2) is 48.5 Å². The normalized spacial score (nSPS) is 13.2. The molecule has 0 aliphatic rings. The fraction of sp³-hybridized carbons (Fsp3) is 0.217. The summed E-state index contributed by atoms with van der Waals surface area (Å²) in [5, 5.41) is 5.26. The molecule has 0 unspecified atom stereocenters. The molecule has 4 aromatic heterocycles. The predicted octanol–water partition coefficient (Wildman–Crippen LogP) is 6.62. The van der Waals surface area contributed by atoms with Crippen LogP contribution in [-0.2, 0) is 12.4 Å². The van der Waals surface area contributed by atoms with Crippen molar-refractivity contribution in [3.63, 3.8) is 0 Å². The number of alkyl halides is 6. The van der Waals surface area contributed by atoms with E-state index in [4.69, 9.17) is 11.6 Å². The van der Waals surface area contributed by atoms with E-state index in [1.54, 1.807) is 31.0 Å². The number of hydrogen-bond donors (Lipinski definition) is 0. The van der Waals surface area contributed by atoms with E-state index in [0.29, 0.717) is 17.2 Å². The van der Waals surface area contributed by atoms with Crippen molar-refractivity contribution in [3.05, 3.63) is 70.6 Å². The lowest BCUT2D eigenvalue weighted by molar-refractivity contribution is -0.140. The zero-order chi connectivity index (χ0) is 28.1. The van der Waals surface area contributed by atoms with Crippen molar-refractivity contribution in [3.8, 4) is 16.4 Å². The molecule has 0 amide bonds. The number of thiazole rings is 1. The van der Waals surface area contributed by atoms with Gasteiger partial charge >= 0.3 is 12.4 Å². The Morgan fingerprint density at radius 3 is 2.38 bits per heavy atom. The first-order valence-corrected chi connectivity index (χ1v) is 12.2. The number of nitrogens with zero attached hydrogens (tertiary/aromatic N) is 8. The minimum absolute atomic E-state index is 0.0990. The number of rotatable bonds is 5. The number of aromatic nitrogens is 7. The van der Waals surface area contributed by atoms with Crippen molar-refractivity contribution in [2.75, 3.05) is 11.9 Å². The summed E-state index contributed by atoms with van der Waals surface area (Å²) in [6.45, 7) is 1.74. The van der Waals surface area contributed by atoms with E-state index in [1.807, 2.05) is 0 Å². The van der Waals surface area contributed by atoms with Crippen LogP contribution in [0, 0.1) is 0 Å². The van der Waals surface area contributed by atoms with E-state index in [0.717, 1.165) is 29.1 Å². The number of fused-ring (bicyclic) bond motifs is 1. The van der Waals surface area contributed by atoms with Gasteiger partial charge in [-0.1, -0.05) is 11.6 Å². The lowest BCUT2D eigenvalue weighted by Crippen LogP contribution is -2.26. The van der Waals surface area contributed by atoms with E-state index in [9.17, 15) is 26.3 Å². The average molecular weight is 585 g/mol. The molecule has 202 valence electrons. The van der Waals surface area contributed by atoms with Gasteiger partial charge in [0.25, 0.3) is 0 Å². The molecule has 0 saturated carbocycles. The third kappa shape index (κ3) is 5.11. The molecule has 5 aromatic rings. The molecule has 0 N–H and O–H groups in total. The predicted molar refractivity (Wildman–Crippen MR) is 132 cm³/mol. The molecule has 39 heavy (non-hydrogen) atoms. The van der Waals surface area contributed by atoms with E-state index in [1.165, 1.54) is 23.3 Å². The average Bonchev–Trinajstić information content (AvgIpc) is 3.57. The second-order valence-corrected chi connectivity index (χ2v) is 9.60. The zero-order valence-corrected chi connectivity index (χ0v) is 21.4. The van der Waals surface area contributed by atoms with Gasteiger partial charge in [0.15, 0.2) is 17.3 Å². The summed E-state index contributed by atoms with van der Waals surface area (Å²) in [5.41, 5.74) is -1.88. The van der Waals surface area contributed by atoms with Crippen LogP contribution in [0.3, 0.4) is 0 Å². The molecule has 8 nitrogen and oxygen atoms in total. The highest BCUT2D eigenvalue weighted by atomic mass is 35.5. The van der Waals surface area contributed by atoms with Gasteiger partial charge < -0.3 is 4.90 Å². The third-order valence-electron chi connectivity index (χ3n) is 5.86. The Hall–Kier alpha value is -3.85. The lowest BCUT2D eigenvalue weighted by atomic mass is 10.1. The molecule has 4 heterocycles. The van der Waals surface area contributed by atoms with Gasteiger partial charge in [-0.05, 0) is 31.2 Å². The SMILES string of the molecule is C[C@@H](c1ncnn1-c1ccc(-c2nc(C(F)(F)F)cs2)cn1)N(C)c1ncnc2c(C(F)(F)F)cc(Cl)cc12. The molecule has 5 rings (SSSR count). The molecule has 1 atom stereocenters. The molecule has 16 heteroatoms. The van der Waals surface area contributed by atoms with Gasteiger partial charge in [0.1, 0.15) is 23.5 Å². The molecule has 0 radical (unpaired) electrons. The van der Waals surface area contributed by atoms with Gasteiger partial charge in [0.05, 0.1) is 17.1 Å². The largest absolute Gasteiger partial charge is 0.434 e. The smallest absolute Gasteiger partial charge is 0.349 e. The summed E-state index contributed by atoms with van der Waals surface area (Å²) in [4.78, 5) is 21.9. The molecule has 0 aliphatic heterocycles. The molecule has 0 bridgehead atoms. The Morgan fingerprint density at radius 1 is 0.974 bits per heavy atom. The first kappa shape index (κ1) is 26.7. The first-order chi connectivity index (χ1) is 18.3. The topological polar surface area (TPSA) is 85.5 Å². The Labute approximate surface area is 225 Å². The van der Waals surface area contributed by atoms with Gasteiger partial charge in [0, 0.05) is 34.6 Å². The number of pyridine rings is 1. The fourth-order valence-corrected chi connectivity index (χ4v) is 4.90. The lowest BCUT2D eigenvalue weighted by Gasteiger charge is -2.26. The van der Waals surface area contributed by atoms with Gasteiger partial charge in [0.2, 0.25) is 0 Å². The van der Waals surface area contributed by atoms with Crippen molar-refractivity contribution < 1.29 is 26.3 Å². The minimum Gasteiger partial charge on any atom is -0.349 e. The molecule has 0 fully saturated rings. The van der Waals surface area contributed by atoms with Gasteiger partial charge in [-0.2, -0.15) is 36.1 Å². The van der Waals surface area contributed by atoms with E-state index in [-0.39, 0.29) is 26.8 Å². The second-order valence-electron chi connectivity index (χ2n) is 8.30. The van der Waals surface area contributed by atoms with Gasteiger partial charge in [-0.25, -0.2) is 24.9 Å². The number of halogens is 7. The maximum Gasteiger partial charge on any atom is 0.434 e. The van der Waals surface area contributed by atoms with Crippen LogP contribution in [0.2, 0.25) is 5.02 Å². The van der Waals surface area contributed by atoms with Crippen LogP contribution in [0.1, 0.15) is 30.0 Å². The van der Waals surface area contributed by atoms with Crippen LogP contribution < -0.4 is 4.90 Å². The van der Waals surface area contributed by atoms with Crippen LogP contribution in [0.4, 0.5) is 32.2 Å². The zero-order valence-electron chi connectivity index (χ0n) is 19.8. The highest BCUT2D eigenvalue weighted by molar-refractivity contribution is 7.13. The summed E-state index contributed by atoms with van der Waals surface area (Å²) >= 11 is 6.85. The monoisotopic (exact) mass is 584 g/mol. The molecule has 0 spiro atoms. The summed E-state index contributed by atoms with van der Waals surface area (Å²) in [6, 6.07) is 4.70. The van der Waals surface area contributed by atoms with Crippen molar-refractivity contribution >= 4 is 39.7 Å². The van der Waals surface area contributed by atoms with Crippen LogP contribution in [-0.4, -0.2) is 41.7 Å². The van der Waals surface area contributed by atoms with Crippen LogP contribution >= 0.6 is 22.9 Å². The second kappa shape index (κ2) is 9.72. The summed E-state index contributed by atoms with van der Waals surface area (Å²) < 4.78 is 81.0. The maximum absolute atomic E-state index is 13.6. The minimum atomic E-state index is -4.68. The highest BCUT2D eigenvalue weighted by Gasteiger charge is 2.35. The molecule has 1 aromatic carbocycles. The van der Waals surface area contributed by atoms with E-state index >= 15 is 0 Å². The first-order valence-electron chi connectivity index (χ1n) is 11.0. The maximum atomic E-state index is 13.6. The molecular formula is C23H15ClF6N8S. The Morgan fingerprint density at radius 2 is 1.74 bits per heavy atom. The standard InChI is InChI=1S/C23H15ClF6N8S/c1-11(37(2)20-14-5-13(24)6-15(22(25,26)27)18(14)32-9-33-20)19-34-10-35-38(19)17-4-3-12(7-31-17)21-36-16(8-39-21)23(28,29)30/h3-11H,1-2H3/t11-/m0/s1. The fourth-order valence-electron chi connectivity index (χ4n) is 3.86. The van der Waals surface area contributed by atoms with Gasteiger partial charge in [-0.15, -0.1) is 11.3 Å².